The Balaban J connectivity index is 2.11. The van der Waals surface area contributed by atoms with E-state index in [1.807, 2.05) is 36.0 Å². The highest BCUT2D eigenvalue weighted by Gasteiger charge is 2.05. The minimum Gasteiger partial charge on any atom is -0.240 e. The number of thioether (sulfide) groups is 1. The molecule has 0 N–H and O–H groups in total. The van der Waals surface area contributed by atoms with Crippen molar-refractivity contribution in [3.63, 3.8) is 0 Å². The maximum Gasteiger partial charge on any atom is 0.103 e. The van der Waals surface area contributed by atoms with Gasteiger partial charge >= 0.3 is 0 Å². The summed E-state index contributed by atoms with van der Waals surface area (Å²) in [5.74, 6) is 2.16. The fourth-order valence-corrected chi connectivity index (χ4v) is 3.34. The van der Waals surface area contributed by atoms with Crippen LogP contribution in [0.4, 0.5) is 0 Å². The summed E-state index contributed by atoms with van der Waals surface area (Å²) in [6.45, 7) is 2.19. The van der Waals surface area contributed by atoms with E-state index in [-0.39, 0.29) is 0 Å². The molecule has 0 bridgehead atoms. The lowest BCUT2D eigenvalue weighted by molar-refractivity contribution is 1.10. The smallest absolute Gasteiger partial charge is 0.103 e. The molecule has 1 aromatic carbocycles. The molecular formula is C14H14N2S2. The van der Waals surface area contributed by atoms with E-state index in [0.717, 1.165) is 22.0 Å². The van der Waals surface area contributed by atoms with E-state index in [1.165, 1.54) is 12.2 Å². The summed E-state index contributed by atoms with van der Waals surface area (Å²) >= 11 is 3.61. The molecule has 18 heavy (non-hydrogen) atoms. The Morgan fingerprint density at radius 1 is 1.44 bits per heavy atom. The number of aromatic nitrogens is 1. The lowest BCUT2D eigenvalue weighted by Gasteiger charge is -1.97. The van der Waals surface area contributed by atoms with Gasteiger partial charge in [0.2, 0.25) is 0 Å². The molecule has 0 fully saturated rings. The highest BCUT2D eigenvalue weighted by molar-refractivity contribution is 7.98. The molecule has 2 aromatic rings. The van der Waals surface area contributed by atoms with Gasteiger partial charge in [0.15, 0.2) is 0 Å². The van der Waals surface area contributed by atoms with Gasteiger partial charge < -0.3 is 0 Å². The van der Waals surface area contributed by atoms with Gasteiger partial charge in [-0.05, 0) is 24.3 Å². The normalized spacial score (nSPS) is 10.2. The maximum absolute atomic E-state index is 8.89. The lowest BCUT2D eigenvalue weighted by Crippen LogP contribution is -1.83. The average Bonchev–Trinajstić information content (AvgIpc) is 2.88. The third-order valence-electron chi connectivity index (χ3n) is 2.41. The third kappa shape index (κ3) is 3.34. The number of nitrogens with zero attached hydrogens (tertiary/aromatic N) is 2. The molecule has 4 heteroatoms. The van der Waals surface area contributed by atoms with E-state index in [9.17, 15) is 0 Å². The second-order valence-electron chi connectivity index (χ2n) is 3.87. The molecule has 1 heterocycles. The summed E-state index contributed by atoms with van der Waals surface area (Å²) in [6, 6.07) is 9.76. The summed E-state index contributed by atoms with van der Waals surface area (Å²) in [4.78, 5) is 4.62. The van der Waals surface area contributed by atoms with Gasteiger partial charge in [-0.15, -0.1) is 11.3 Å². The molecule has 1 aromatic heterocycles. The number of hydrogen-bond donors (Lipinski definition) is 0. The number of thiazole rings is 1. The molecular weight excluding hydrogens is 260 g/mol. The molecule has 0 aliphatic rings. The second kappa shape index (κ2) is 6.58. The zero-order valence-electron chi connectivity index (χ0n) is 10.2. The van der Waals surface area contributed by atoms with Crippen LogP contribution in [0.2, 0.25) is 0 Å². The first-order valence-corrected chi connectivity index (χ1v) is 7.89. The van der Waals surface area contributed by atoms with Crippen LogP contribution < -0.4 is 0 Å². The monoisotopic (exact) mass is 274 g/mol. The van der Waals surface area contributed by atoms with Crippen molar-refractivity contribution in [3.8, 4) is 17.3 Å². The Hall–Kier alpha value is -1.31. The van der Waals surface area contributed by atoms with Crippen LogP contribution in [0.25, 0.3) is 11.3 Å². The second-order valence-corrected chi connectivity index (χ2v) is 5.92. The quantitative estimate of drug-likeness (QED) is 0.762. The van der Waals surface area contributed by atoms with Crippen LogP contribution in [0.1, 0.15) is 23.9 Å². The Morgan fingerprint density at radius 3 is 3.11 bits per heavy atom. The van der Waals surface area contributed by atoms with Crippen LogP contribution >= 0.6 is 23.1 Å². The van der Waals surface area contributed by atoms with Crippen LogP contribution in [-0.4, -0.2) is 10.7 Å². The molecule has 0 aliphatic carbocycles. The van der Waals surface area contributed by atoms with Crippen molar-refractivity contribution in [2.45, 2.75) is 19.1 Å². The Morgan fingerprint density at radius 2 is 2.33 bits per heavy atom. The Labute approximate surface area is 116 Å². The van der Waals surface area contributed by atoms with Crippen molar-refractivity contribution in [1.29, 1.82) is 5.26 Å². The van der Waals surface area contributed by atoms with Crippen molar-refractivity contribution in [2.75, 3.05) is 5.75 Å². The molecule has 0 saturated heterocycles. The molecule has 0 aliphatic heterocycles. The maximum atomic E-state index is 8.89. The van der Waals surface area contributed by atoms with Crippen molar-refractivity contribution in [1.82, 2.24) is 4.98 Å². The van der Waals surface area contributed by atoms with Crippen LogP contribution in [0, 0.1) is 11.3 Å². The van der Waals surface area contributed by atoms with Crippen molar-refractivity contribution in [2.24, 2.45) is 0 Å². The standard InChI is InChI=1S/C14H14N2S2/c1-2-6-17-10-14-16-13(9-18-14)12-5-3-4-11(7-12)8-15/h3-5,7,9H,2,6,10H2,1H3. The SMILES string of the molecule is CCCSCc1nc(-c2cccc(C#N)c2)cs1. The fourth-order valence-electron chi connectivity index (χ4n) is 1.56. The minimum atomic E-state index is 0.683. The van der Waals surface area contributed by atoms with E-state index in [0.29, 0.717) is 5.56 Å². The van der Waals surface area contributed by atoms with Gasteiger partial charge in [-0.25, -0.2) is 4.98 Å². The highest BCUT2D eigenvalue weighted by atomic mass is 32.2. The topological polar surface area (TPSA) is 36.7 Å². The summed E-state index contributed by atoms with van der Waals surface area (Å²) in [5, 5.41) is 12.1. The van der Waals surface area contributed by atoms with E-state index < -0.39 is 0 Å². The Bertz CT molecular complexity index is 555. The van der Waals surface area contributed by atoms with Crippen molar-refractivity contribution < 1.29 is 0 Å². The van der Waals surface area contributed by atoms with Gasteiger partial charge in [-0.3, -0.25) is 0 Å². The van der Waals surface area contributed by atoms with Gasteiger partial charge in [-0.1, -0.05) is 19.1 Å². The first-order chi connectivity index (χ1) is 8.83. The summed E-state index contributed by atoms with van der Waals surface area (Å²) in [6.07, 6.45) is 1.20. The zero-order chi connectivity index (χ0) is 12.8. The van der Waals surface area contributed by atoms with E-state index in [4.69, 9.17) is 5.26 Å². The van der Waals surface area contributed by atoms with Gasteiger partial charge in [0.25, 0.3) is 0 Å². The molecule has 0 saturated carbocycles. The summed E-state index contributed by atoms with van der Waals surface area (Å²) in [7, 11) is 0. The predicted molar refractivity (Wildman–Crippen MR) is 78.7 cm³/mol. The zero-order valence-corrected chi connectivity index (χ0v) is 11.9. The molecule has 92 valence electrons. The van der Waals surface area contributed by atoms with Crippen LogP contribution in [0.5, 0.6) is 0 Å². The van der Waals surface area contributed by atoms with Gasteiger partial charge in [0.05, 0.1) is 17.3 Å². The number of hydrogen-bond acceptors (Lipinski definition) is 4. The summed E-state index contributed by atoms with van der Waals surface area (Å²) in [5.41, 5.74) is 2.68. The molecule has 0 radical (unpaired) electrons. The number of nitriles is 1. The van der Waals surface area contributed by atoms with Crippen LogP contribution in [0.3, 0.4) is 0 Å². The third-order valence-corrected chi connectivity index (χ3v) is 4.62. The Kier molecular flexibility index (Phi) is 4.80. The van der Waals surface area contributed by atoms with Crippen LogP contribution in [-0.2, 0) is 5.75 Å². The largest absolute Gasteiger partial charge is 0.240 e. The lowest BCUT2D eigenvalue weighted by atomic mass is 10.1. The fraction of sp³-hybridized carbons (Fsp3) is 0.286. The molecule has 0 spiro atoms. The predicted octanol–water partition coefficient (Wildman–Crippen LogP) is 4.32. The van der Waals surface area contributed by atoms with Gasteiger partial charge in [0, 0.05) is 16.7 Å². The summed E-state index contributed by atoms with van der Waals surface area (Å²) < 4.78 is 0. The molecule has 0 amide bonds. The first-order valence-electron chi connectivity index (χ1n) is 5.86. The van der Waals surface area contributed by atoms with Gasteiger partial charge in [-0.2, -0.15) is 17.0 Å². The van der Waals surface area contributed by atoms with Crippen LogP contribution in [0.15, 0.2) is 29.6 Å². The molecule has 0 atom stereocenters. The van der Waals surface area contributed by atoms with E-state index in [1.54, 1.807) is 11.3 Å². The van der Waals surface area contributed by atoms with E-state index in [2.05, 4.69) is 23.4 Å². The minimum absolute atomic E-state index is 0.683. The average molecular weight is 274 g/mol. The first kappa shape index (κ1) is 13.1. The molecule has 0 unspecified atom stereocenters. The van der Waals surface area contributed by atoms with E-state index >= 15 is 0 Å². The van der Waals surface area contributed by atoms with Crippen molar-refractivity contribution in [3.05, 3.63) is 40.2 Å². The number of benzene rings is 1. The van der Waals surface area contributed by atoms with Gasteiger partial charge in [0.1, 0.15) is 5.01 Å². The van der Waals surface area contributed by atoms with Crippen molar-refractivity contribution >= 4 is 23.1 Å². The molecule has 2 nitrogen and oxygen atoms in total. The highest BCUT2D eigenvalue weighted by Crippen LogP contribution is 2.25. The molecule has 2 rings (SSSR count). The number of rotatable bonds is 5.